The maximum absolute atomic E-state index is 9.60. The van der Waals surface area contributed by atoms with E-state index in [1.807, 2.05) is 20.8 Å². The van der Waals surface area contributed by atoms with E-state index < -0.39 is 0 Å². The molecule has 1 aliphatic heterocycles. The summed E-state index contributed by atoms with van der Waals surface area (Å²) < 4.78 is 4.55. The van der Waals surface area contributed by atoms with Crippen LogP contribution in [0.25, 0.3) is 0 Å². The molecule has 1 rings (SSSR count). The Morgan fingerprint density at radius 3 is 1.88 bits per heavy atom. The molecular formula is C12H25NO3. The predicted octanol–water partition coefficient (Wildman–Crippen LogP) is 1.47. The third-order valence-corrected chi connectivity index (χ3v) is 2.22. The highest BCUT2D eigenvalue weighted by atomic mass is 16.5. The predicted molar refractivity (Wildman–Crippen MR) is 64.2 cm³/mol. The van der Waals surface area contributed by atoms with Gasteiger partial charge in [0.2, 0.25) is 0 Å². The maximum atomic E-state index is 9.60. The smallest absolute Gasteiger partial charge is 0.293 e. The molecule has 16 heavy (non-hydrogen) atoms. The Hall–Kier alpha value is -0.610. The number of ether oxygens (including phenoxy) is 1. The third-order valence-electron chi connectivity index (χ3n) is 2.22. The van der Waals surface area contributed by atoms with Crippen molar-refractivity contribution in [3.63, 3.8) is 0 Å². The van der Waals surface area contributed by atoms with E-state index in [-0.39, 0.29) is 11.7 Å². The number of carbonyl (C=O) groups excluding carboxylic acids is 1. The Morgan fingerprint density at radius 2 is 1.69 bits per heavy atom. The van der Waals surface area contributed by atoms with Gasteiger partial charge in [-0.05, 0) is 47.5 Å². The number of aliphatic hydroxyl groups excluding tert-OH is 1. The molecular weight excluding hydrogens is 206 g/mol. The summed E-state index contributed by atoms with van der Waals surface area (Å²) in [5.74, 6) is 0. The molecule has 1 fully saturated rings. The van der Waals surface area contributed by atoms with E-state index in [4.69, 9.17) is 0 Å². The van der Waals surface area contributed by atoms with Crippen LogP contribution in [0.5, 0.6) is 0 Å². The summed E-state index contributed by atoms with van der Waals surface area (Å²) in [7, 11) is 0. The summed E-state index contributed by atoms with van der Waals surface area (Å²) in [6.45, 7) is 10.1. The first-order chi connectivity index (χ1) is 7.24. The first-order valence-electron chi connectivity index (χ1n) is 5.80. The minimum absolute atomic E-state index is 0.0729. The molecule has 1 aliphatic rings. The van der Waals surface area contributed by atoms with E-state index in [9.17, 15) is 9.90 Å². The minimum atomic E-state index is -0.318. The van der Waals surface area contributed by atoms with Crippen molar-refractivity contribution >= 4 is 6.47 Å². The highest BCUT2D eigenvalue weighted by Crippen LogP contribution is 2.12. The van der Waals surface area contributed by atoms with Crippen molar-refractivity contribution in [1.82, 2.24) is 5.32 Å². The largest absolute Gasteiger partial charge is 0.462 e. The Kier molecular flexibility index (Phi) is 6.60. The lowest BCUT2D eigenvalue weighted by molar-refractivity contribution is -0.138. The molecule has 0 aliphatic carbocycles. The zero-order valence-corrected chi connectivity index (χ0v) is 11.0. The minimum Gasteiger partial charge on any atom is -0.462 e. The maximum Gasteiger partial charge on any atom is 0.293 e. The third kappa shape index (κ3) is 8.68. The van der Waals surface area contributed by atoms with Gasteiger partial charge in [0.05, 0.1) is 6.10 Å². The molecule has 0 aromatic heterocycles. The topological polar surface area (TPSA) is 58.6 Å². The van der Waals surface area contributed by atoms with Crippen molar-refractivity contribution in [2.24, 2.45) is 0 Å². The van der Waals surface area contributed by atoms with Crippen molar-refractivity contribution < 1.29 is 14.6 Å². The Labute approximate surface area is 98.4 Å². The molecule has 1 heterocycles. The zero-order valence-electron chi connectivity index (χ0n) is 11.0. The molecule has 2 atom stereocenters. The van der Waals surface area contributed by atoms with Crippen LogP contribution in [0, 0.1) is 0 Å². The van der Waals surface area contributed by atoms with Gasteiger partial charge in [0.1, 0.15) is 5.60 Å². The van der Waals surface area contributed by atoms with Gasteiger partial charge < -0.3 is 15.2 Å². The van der Waals surface area contributed by atoms with Gasteiger partial charge in [-0.2, -0.15) is 0 Å². The van der Waals surface area contributed by atoms with Crippen LogP contribution in [0.3, 0.4) is 0 Å². The van der Waals surface area contributed by atoms with E-state index in [1.54, 1.807) is 0 Å². The second kappa shape index (κ2) is 6.86. The molecule has 0 saturated carbocycles. The van der Waals surface area contributed by atoms with Crippen LogP contribution in [0.2, 0.25) is 0 Å². The second-order valence-corrected chi connectivity index (χ2v) is 5.42. The van der Waals surface area contributed by atoms with Crippen LogP contribution in [0.4, 0.5) is 0 Å². The molecule has 4 nitrogen and oxygen atoms in total. The van der Waals surface area contributed by atoms with Gasteiger partial charge in [0.15, 0.2) is 0 Å². The molecule has 0 aromatic carbocycles. The Morgan fingerprint density at radius 1 is 1.25 bits per heavy atom. The van der Waals surface area contributed by atoms with Crippen molar-refractivity contribution in [1.29, 1.82) is 0 Å². The summed E-state index contributed by atoms with van der Waals surface area (Å²) in [5, 5.41) is 12.6. The van der Waals surface area contributed by atoms with Gasteiger partial charge in [0.25, 0.3) is 6.47 Å². The number of hydrogen-bond acceptors (Lipinski definition) is 4. The van der Waals surface area contributed by atoms with Gasteiger partial charge in [-0.25, -0.2) is 0 Å². The summed E-state index contributed by atoms with van der Waals surface area (Å²) in [4.78, 5) is 9.60. The first-order valence-corrected chi connectivity index (χ1v) is 5.80. The lowest BCUT2D eigenvalue weighted by atomic mass is 9.98. The van der Waals surface area contributed by atoms with E-state index in [0.29, 0.717) is 18.6 Å². The van der Waals surface area contributed by atoms with E-state index in [2.05, 4.69) is 23.9 Å². The fourth-order valence-electron chi connectivity index (χ4n) is 1.68. The molecule has 2 unspecified atom stereocenters. The fourth-order valence-corrected chi connectivity index (χ4v) is 1.68. The molecule has 0 spiro atoms. The SMILES string of the molecule is CC(C)(C)OC=O.CC1CC(O)CC(C)N1. The van der Waals surface area contributed by atoms with Crippen molar-refractivity contribution in [2.75, 3.05) is 0 Å². The summed E-state index contributed by atoms with van der Waals surface area (Å²) in [5.41, 5.74) is -0.318. The number of rotatable bonds is 1. The monoisotopic (exact) mass is 231 g/mol. The molecule has 0 amide bonds. The van der Waals surface area contributed by atoms with Crippen LogP contribution < -0.4 is 5.32 Å². The standard InChI is InChI=1S/C7H15NO.C5H10O2/c1-5-3-7(9)4-6(2)8-5;1-5(2,3)7-4-6/h5-9H,3-4H2,1-2H3;4H,1-3H3. The fraction of sp³-hybridized carbons (Fsp3) is 0.917. The zero-order chi connectivity index (χ0) is 12.8. The first kappa shape index (κ1) is 15.4. The van der Waals surface area contributed by atoms with E-state index in [1.165, 1.54) is 0 Å². The number of nitrogens with one attached hydrogen (secondary N) is 1. The number of piperidine rings is 1. The van der Waals surface area contributed by atoms with Crippen LogP contribution in [0.1, 0.15) is 47.5 Å². The van der Waals surface area contributed by atoms with Crippen LogP contribution in [-0.4, -0.2) is 35.4 Å². The molecule has 0 aromatic rings. The van der Waals surface area contributed by atoms with Gasteiger partial charge >= 0.3 is 0 Å². The van der Waals surface area contributed by atoms with E-state index >= 15 is 0 Å². The molecule has 2 N–H and O–H groups in total. The Balaban J connectivity index is 0.000000293. The van der Waals surface area contributed by atoms with Crippen LogP contribution in [-0.2, 0) is 9.53 Å². The van der Waals surface area contributed by atoms with Crippen molar-refractivity contribution in [3.05, 3.63) is 0 Å². The number of hydrogen-bond donors (Lipinski definition) is 2. The summed E-state index contributed by atoms with van der Waals surface area (Å²) in [6, 6.07) is 0.979. The highest BCUT2D eigenvalue weighted by molar-refractivity contribution is 5.37. The lowest BCUT2D eigenvalue weighted by Gasteiger charge is -2.29. The highest BCUT2D eigenvalue weighted by Gasteiger charge is 2.20. The quantitative estimate of drug-likeness (QED) is 0.671. The molecule has 0 bridgehead atoms. The van der Waals surface area contributed by atoms with Gasteiger partial charge in [-0.1, -0.05) is 0 Å². The molecule has 0 radical (unpaired) electrons. The van der Waals surface area contributed by atoms with Crippen molar-refractivity contribution in [3.8, 4) is 0 Å². The van der Waals surface area contributed by atoms with Crippen molar-refractivity contribution in [2.45, 2.75) is 71.2 Å². The normalized spacial score (nSPS) is 30.0. The lowest BCUT2D eigenvalue weighted by Crippen LogP contribution is -2.44. The van der Waals surface area contributed by atoms with E-state index in [0.717, 1.165) is 12.8 Å². The summed E-state index contributed by atoms with van der Waals surface area (Å²) >= 11 is 0. The van der Waals surface area contributed by atoms with Gasteiger partial charge in [0, 0.05) is 12.1 Å². The molecule has 4 heteroatoms. The average Bonchev–Trinajstić information content (AvgIpc) is 1.98. The Bertz CT molecular complexity index is 176. The van der Waals surface area contributed by atoms with Gasteiger partial charge in [-0.3, -0.25) is 4.79 Å². The number of aliphatic hydroxyl groups is 1. The number of carbonyl (C=O) groups is 1. The molecule has 96 valence electrons. The molecule has 1 saturated heterocycles. The van der Waals surface area contributed by atoms with Crippen LogP contribution in [0.15, 0.2) is 0 Å². The van der Waals surface area contributed by atoms with Crippen LogP contribution >= 0.6 is 0 Å². The second-order valence-electron chi connectivity index (χ2n) is 5.42. The van der Waals surface area contributed by atoms with Gasteiger partial charge in [-0.15, -0.1) is 0 Å². The summed E-state index contributed by atoms with van der Waals surface area (Å²) in [6.07, 6.45) is 1.74. The average molecular weight is 231 g/mol.